The van der Waals surface area contributed by atoms with Crippen molar-refractivity contribution in [2.45, 2.75) is 59.3 Å². The van der Waals surface area contributed by atoms with Crippen LogP contribution in [0.3, 0.4) is 0 Å². The van der Waals surface area contributed by atoms with Gasteiger partial charge in [0.1, 0.15) is 5.75 Å². The average molecular weight is 440 g/mol. The summed E-state index contributed by atoms with van der Waals surface area (Å²) in [6.45, 7) is 6.53. The molecule has 0 heterocycles. The number of carbonyl (C=O) groups is 3. The number of hydrazine groups is 1. The van der Waals surface area contributed by atoms with Crippen LogP contribution in [0.2, 0.25) is 0 Å². The van der Waals surface area contributed by atoms with Gasteiger partial charge >= 0.3 is 0 Å². The van der Waals surface area contributed by atoms with Crippen LogP contribution in [0.5, 0.6) is 5.75 Å². The molecule has 172 valence electrons. The molecule has 0 bridgehead atoms. The molecule has 0 aromatic heterocycles. The predicted molar refractivity (Wildman–Crippen MR) is 125 cm³/mol. The summed E-state index contributed by atoms with van der Waals surface area (Å²) >= 11 is 0. The number of unbranched alkanes of at least 4 members (excludes halogenated alkanes) is 3. The normalized spacial score (nSPS) is 10.3. The molecule has 2 aromatic carbocycles. The van der Waals surface area contributed by atoms with E-state index in [1.165, 1.54) is 0 Å². The lowest BCUT2D eigenvalue weighted by molar-refractivity contribution is -0.124. The number of benzene rings is 2. The Morgan fingerprint density at radius 2 is 1.62 bits per heavy atom. The van der Waals surface area contributed by atoms with E-state index >= 15 is 0 Å². The molecule has 0 aliphatic heterocycles. The number of anilines is 1. The lowest BCUT2D eigenvalue weighted by Crippen LogP contribution is -2.42. The summed E-state index contributed by atoms with van der Waals surface area (Å²) < 4.78 is 5.74. The van der Waals surface area contributed by atoms with Crippen molar-refractivity contribution in [1.82, 2.24) is 10.9 Å². The summed E-state index contributed by atoms with van der Waals surface area (Å²) in [5.74, 6) is -0.708. The van der Waals surface area contributed by atoms with Gasteiger partial charge in [-0.05, 0) is 49.6 Å². The van der Waals surface area contributed by atoms with E-state index in [9.17, 15) is 14.4 Å². The van der Waals surface area contributed by atoms with E-state index in [-0.39, 0.29) is 18.7 Å². The molecule has 0 radical (unpaired) electrons. The van der Waals surface area contributed by atoms with Gasteiger partial charge in [0.2, 0.25) is 11.8 Å². The molecule has 0 unspecified atom stereocenters. The van der Waals surface area contributed by atoms with E-state index in [0.717, 1.165) is 42.5 Å². The van der Waals surface area contributed by atoms with E-state index in [0.29, 0.717) is 17.9 Å². The van der Waals surface area contributed by atoms with Gasteiger partial charge < -0.3 is 10.1 Å². The molecule has 0 spiro atoms. The van der Waals surface area contributed by atoms with Crippen molar-refractivity contribution in [3.63, 3.8) is 0 Å². The summed E-state index contributed by atoms with van der Waals surface area (Å²) in [5, 5.41) is 2.81. The van der Waals surface area contributed by atoms with E-state index < -0.39 is 11.8 Å². The van der Waals surface area contributed by atoms with Crippen molar-refractivity contribution in [1.29, 1.82) is 0 Å². The fraction of sp³-hybridized carbons (Fsp3) is 0.400. The number of aryl methyl sites for hydroxylation is 2. The molecule has 3 N–H and O–H groups in total. The molecule has 32 heavy (non-hydrogen) atoms. The molecule has 0 saturated heterocycles. The highest BCUT2D eigenvalue weighted by atomic mass is 16.5. The first-order chi connectivity index (χ1) is 15.4. The van der Waals surface area contributed by atoms with Crippen LogP contribution in [-0.2, 0) is 9.59 Å². The van der Waals surface area contributed by atoms with Crippen LogP contribution in [0, 0.1) is 13.8 Å². The Balaban J connectivity index is 1.77. The Kier molecular flexibility index (Phi) is 10.2. The molecule has 0 saturated carbocycles. The number of hydrogen-bond acceptors (Lipinski definition) is 4. The number of rotatable bonds is 11. The van der Waals surface area contributed by atoms with Crippen LogP contribution in [0.1, 0.15) is 66.9 Å². The maximum absolute atomic E-state index is 12.5. The van der Waals surface area contributed by atoms with Crippen molar-refractivity contribution < 1.29 is 19.1 Å². The minimum absolute atomic E-state index is 0.00649. The average Bonchev–Trinajstić information content (AvgIpc) is 2.78. The topological polar surface area (TPSA) is 96.5 Å². The van der Waals surface area contributed by atoms with Gasteiger partial charge in [-0.25, -0.2) is 0 Å². The summed E-state index contributed by atoms with van der Waals surface area (Å²) in [6.07, 6.45) is 4.26. The standard InChI is InChI=1S/C25H33N3O4/c1-4-5-6-9-16-32-22-11-8-7-10-20(22)25(31)28-27-24(30)15-14-23(29)26-21-17-18(2)12-13-19(21)3/h7-8,10-13,17H,4-6,9,14-16H2,1-3H3,(H,26,29)(H,27,30)(H,28,31). The molecule has 0 aliphatic carbocycles. The minimum Gasteiger partial charge on any atom is -0.493 e. The third kappa shape index (κ3) is 8.41. The molecule has 0 atom stereocenters. The highest BCUT2D eigenvalue weighted by Crippen LogP contribution is 2.18. The first kappa shape index (κ1) is 24.9. The summed E-state index contributed by atoms with van der Waals surface area (Å²) in [6, 6.07) is 12.7. The Hall–Kier alpha value is -3.35. The zero-order valence-electron chi connectivity index (χ0n) is 19.1. The van der Waals surface area contributed by atoms with Crippen molar-refractivity contribution in [2.75, 3.05) is 11.9 Å². The first-order valence-electron chi connectivity index (χ1n) is 11.1. The van der Waals surface area contributed by atoms with E-state index in [4.69, 9.17) is 4.74 Å². The molecular weight excluding hydrogens is 406 g/mol. The fourth-order valence-electron chi connectivity index (χ4n) is 3.06. The first-order valence-corrected chi connectivity index (χ1v) is 11.1. The lowest BCUT2D eigenvalue weighted by atomic mass is 10.1. The van der Waals surface area contributed by atoms with Gasteiger partial charge in [-0.2, -0.15) is 0 Å². The molecular formula is C25H33N3O4. The number of nitrogens with one attached hydrogen (secondary N) is 3. The smallest absolute Gasteiger partial charge is 0.273 e. The van der Waals surface area contributed by atoms with Gasteiger partial charge in [0.25, 0.3) is 5.91 Å². The second kappa shape index (κ2) is 13.1. The van der Waals surface area contributed by atoms with E-state index in [1.54, 1.807) is 24.3 Å². The van der Waals surface area contributed by atoms with Crippen molar-refractivity contribution in [3.8, 4) is 5.75 Å². The van der Waals surface area contributed by atoms with Gasteiger partial charge in [0, 0.05) is 18.5 Å². The third-order valence-electron chi connectivity index (χ3n) is 4.95. The second-order valence-corrected chi connectivity index (χ2v) is 7.77. The largest absolute Gasteiger partial charge is 0.493 e. The number of ether oxygens (including phenoxy) is 1. The van der Waals surface area contributed by atoms with Crippen molar-refractivity contribution >= 4 is 23.4 Å². The molecule has 0 aliphatic rings. The van der Waals surface area contributed by atoms with Crippen LogP contribution in [0.25, 0.3) is 0 Å². The third-order valence-corrected chi connectivity index (χ3v) is 4.95. The van der Waals surface area contributed by atoms with Gasteiger partial charge in [0.05, 0.1) is 12.2 Å². The zero-order chi connectivity index (χ0) is 23.3. The highest BCUT2D eigenvalue weighted by molar-refractivity contribution is 5.98. The molecule has 2 aromatic rings. The Bertz CT molecular complexity index is 927. The second-order valence-electron chi connectivity index (χ2n) is 7.77. The fourth-order valence-corrected chi connectivity index (χ4v) is 3.06. The molecule has 7 nitrogen and oxygen atoms in total. The Morgan fingerprint density at radius 1 is 0.875 bits per heavy atom. The van der Waals surface area contributed by atoms with Gasteiger partial charge in [-0.15, -0.1) is 0 Å². The maximum atomic E-state index is 12.5. The summed E-state index contributed by atoms with van der Waals surface area (Å²) in [7, 11) is 0. The summed E-state index contributed by atoms with van der Waals surface area (Å²) in [4.78, 5) is 36.7. The predicted octanol–water partition coefficient (Wildman–Crippen LogP) is 4.44. The molecule has 3 amide bonds. The van der Waals surface area contributed by atoms with Gasteiger partial charge in [0.15, 0.2) is 0 Å². The number of hydrogen-bond donors (Lipinski definition) is 3. The van der Waals surface area contributed by atoms with Crippen LogP contribution in [-0.4, -0.2) is 24.3 Å². The number of carbonyl (C=O) groups excluding carboxylic acids is 3. The Morgan fingerprint density at radius 3 is 2.41 bits per heavy atom. The number of para-hydroxylation sites is 1. The summed E-state index contributed by atoms with van der Waals surface area (Å²) in [5.41, 5.74) is 7.81. The van der Waals surface area contributed by atoms with Crippen LogP contribution in [0.4, 0.5) is 5.69 Å². The Labute approximate surface area is 189 Å². The van der Waals surface area contributed by atoms with E-state index in [2.05, 4.69) is 23.1 Å². The maximum Gasteiger partial charge on any atom is 0.273 e. The quantitative estimate of drug-likeness (QED) is 0.356. The van der Waals surface area contributed by atoms with Crippen molar-refractivity contribution in [2.24, 2.45) is 0 Å². The van der Waals surface area contributed by atoms with Crippen LogP contribution >= 0.6 is 0 Å². The highest BCUT2D eigenvalue weighted by Gasteiger charge is 2.14. The SMILES string of the molecule is CCCCCCOc1ccccc1C(=O)NNC(=O)CCC(=O)Nc1cc(C)ccc1C. The minimum atomic E-state index is -0.470. The molecule has 0 fully saturated rings. The van der Waals surface area contributed by atoms with Gasteiger partial charge in [-0.3, -0.25) is 25.2 Å². The lowest BCUT2D eigenvalue weighted by Gasteiger charge is -2.12. The van der Waals surface area contributed by atoms with E-state index in [1.807, 2.05) is 32.0 Å². The van der Waals surface area contributed by atoms with Gasteiger partial charge in [-0.1, -0.05) is 50.5 Å². The zero-order valence-corrected chi connectivity index (χ0v) is 19.1. The molecule has 2 rings (SSSR count). The van der Waals surface area contributed by atoms with Crippen molar-refractivity contribution in [3.05, 3.63) is 59.2 Å². The van der Waals surface area contributed by atoms with Crippen LogP contribution < -0.4 is 20.9 Å². The number of amides is 3. The van der Waals surface area contributed by atoms with Crippen LogP contribution in [0.15, 0.2) is 42.5 Å². The molecule has 7 heteroatoms. The monoisotopic (exact) mass is 439 g/mol.